The van der Waals surface area contributed by atoms with Crippen LogP contribution < -0.4 is 0 Å². The molecule has 56 valence electrons. The predicted molar refractivity (Wildman–Crippen MR) is 36.6 cm³/mol. The minimum Gasteiger partial charge on any atom is -0.243 e. The van der Waals surface area contributed by atoms with Crippen molar-refractivity contribution in [1.82, 2.24) is 4.98 Å². The molecule has 5 heteroatoms. The van der Waals surface area contributed by atoms with Gasteiger partial charge in [0.2, 0.25) is 0 Å². The van der Waals surface area contributed by atoms with E-state index < -0.39 is 6.43 Å². The van der Waals surface area contributed by atoms with E-state index in [0.29, 0.717) is 4.88 Å². The number of thiazole rings is 1. The van der Waals surface area contributed by atoms with E-state index >= 15 is 0 Å². The van der Waals surface area contributed by atoms with Crippen LogP contribution >= 0.6 is 22.9 Å². The summed E-state index contributed by atoms with van der Waals surface area (Å²) < 4.78 is 23.6. The molecule has 1 rings (SSSR count). The van der Waals surface area contributed by atoms with Crippen molar-refractivity contribution in [2.24, 2.45) is 0 Å². The highest BCUT2D eigenvalue weighted by Crippen LogP contribution is 2.24. The van der Waals surface area contributed by atoms with E-state index in [9.17, 15) is 8.78 Å². The standard InChI is InChI=1S/C5H4ClF2NS/c6-1-3-2-9-5(10-3)4(7)8/h2,4H,1H2. The van der Waals surface area contributed by atoms with Gasteiger partial charge in [-0.05, 0) is 0 Å². The van der Waals surface area contributed by atoms with Crippen LogP contribution in [-0.2, 0) is 5.88 Å². The number of nitrogens with zero attached hydrogens (tertiary/aromatic N) is 1. The molecule has 1 aromatic heterocycles. The Balaban J connectivity index is 2.78. The van der Waals surface area contributed by atoms with Crippen molar-refractivity contribution < 1.29 is 8.78 Å². The lowest BCUT2D eigenvalue weighted by Crippen LogP contribution is -1.77. The van der Waals surface area contributed by atoms with Crippen molar-refractivity contribution in [2.75, 3.05) is 0 Å². The third-order valence-corrected chi connectivity index (χ3v) is 2.34. The molecular weight excluding hydrogens is 180 g/mol. The van der Waals surface area contributed by atoms with Gasteiger partial charge in [-0.1, -0.05) is 0 Å². The van der Waals surface area contributed by atoms with E-state index in [2.05, 4.69) is 4.98 Å². The molecule has 0 N–H and O–H groups in total. The zero-order chi connectivity index (χ0) is 7.56. The van der Waals surface area contributed by atoms with Gasteiger partial charge in [-0.15, -0.1) is 22.9 Å². The molecule has 0 aliphatic rings. The van der Waals surface area contributed by atoms with Crippen LogP contribution in [0.1, 0.15) is 16.3 Å². The van der Waals surface area contributed by atoms with E-state index in [-0.39, 0.29) is 10.9 Å². The highest BCUT2D eigenvalue weighted by Gasteiger charge is 2.10. The second-order valence-corrected chi connectivity index (χ2v) is 3.01. The Bertz CT molecular complexity index is 213. The first kappa shape index (κ1) is 7.88. The van der Waals surface area contributed by atoms with Crippen LogP contribution in [0.25, 0.3) is 0 Å². The van der Waals surface area contributed by atoms with E-state index in [0.717, 1.165) is 11.3 Å². The minimum atomic E-state index is -2.47. The van der Waals surface area contributed by atoms with E-state index in [1.165, 1.54) is 6.20 Å². The molecule has 1 heterocycles. The number of rotatable bonds is 2. The van der Waals surface area contributed by atoms with Gasteiger partial charge >= 0.3 is 0 Å². The Morgan fingerprint density at radius 2 is 2.40 bits per heavy atom. The lowest BCUT2D eigenvalue weighted by molar-refractivity contribution is 0.151. The van der Waals surface area contributed by atoms with Gasteiger partial charge in [0.15, 0.2) is 5.01 Å². The number of halogens is 3. The van der Waals surface area contributed by atoms with E-state index in [4.69, 9.17) is 11.6 Å². The molecule has 0 aliphatic heterocycles. The van der Waals surface area contributed by atoms with Crippen LogP contribution in [0.15, 0.2) is 6.20 Å². The molecule has 10 heavy (non-hydrogen) atoms. The summed E-state index contributed by atoms with van der Waals surface area (Å²) in [7, 11) is 0. The van der Waals surface area contributed by atoms with Gasteiger partial charge in [0.1, 0.15) is 0 Å². The molecule has 0 amide bonds. The van der Waals surface area contributed by atoms with Gasteiger partial charge in [0, 0.05) is 11.1 Å². The number of hydrogen-bond donors (Lipinski definition) is 0. The third-order valence-electron chi connectivity index (χ3n) is 0.890. The number of hydrogen-bond acceptors (Lipinski definition) is 2. The van der Waals surface area contributed by atoms with Gasteiger partial charge in [-0.25, -0.2) is 13.8 Å². The van der Waals surface area contributed by atoms with Crippen molar-refractivity contribution in [3.8, 4) is 0 Å². The summed E-state index contributed by atoms with van der Waals surface area (Å²) in [6.07, 6.45) is -1.10. The molecule has 1 aromatic rings. The normalized spacial score (nSPS) is 10.8. The third kappa shape index (κ3) is 1.64. The van der Waals surface area contributed by atoms with Crippen molar-refractivity contribution in [3.63, 3.8) is 0 Å². The number of alkyl halides is 3. The number of aromatic nitrogens is 1. The molecule has 0 aromatic carbocycles. The largest absolute Gasteiger partial charge is 0.289 e. The second-order valence-electron chi connectivity index (χ2n) is 1.60. The maximum absolute atomic E-state index is 11.8. The maximum Gasteiger partial charge on any atom is 0.289 e. The SMILES string of the molecule is FC(F)c1ncc(CCl)s1. The van der Waals surface area contributed by atoms with Crippen molar-refractivity contribution in [2.45, 2.75) is 12.3 Å². The predicted octanol–water partition coefficient (Wildman–Crippen LogP) is 2.82. The summed E-state index contributed by atoms with van der Waals surface area (Å²) in [6.45, 7) is 0. The minimum absolute atomic E-state index is 0.157. The maximum atomic E-state index is 11.8. The van der Waals surface area contributed by atoms with Gasteiger partial charge in [-0.2, -0.15) is 0 Å². The zero-order valence-corrected chi connectivity index (χ0v) is 6.42. The molecule has 1 nitrogen and oxygen atoms in total. The lowest BCUT2D eigenvalue weighted by Gasteiger charge is -1.87. The van der Waals surface area contributed by atoms with Gasteiger partial charge < -0.3 is 0 Å². The molecule has 0 unspecified atom stereocenters. The monoisotopic (exact) mass is 183 g/mol. The zero-order valence-electron chi connectivity index (χ0n) is 4.85. The quantitative estimate of drug-likeness (QED) is 0.643. The first-order valence-electron chi connectivity index (χ1n) is 2.52. The topological polar surface area (TPSA) is 12.9 Å². The van der Waals surface area contributed by atoms with Gasteiger partial charge in [0.05, 0.1) is 5.88 Å². The van der Waals surface area contributed by atoms with E-state index in [1.54, 1.807) is 0 Å². The van der Waals surface area contributed by atoms with E-state index in [1.807, 2.05) is 0 Å². The Hall–Kier alpha value is -0.220. The molecular formula is C5H4ClF2NS. The fraction of sp³-hybridized carbons (Fsp3) is 0.400. The van der Waals surface area contributed by atoms with Crippen LogP contribution in [0.5, 0.6) is 0 Å². The summed E-state index contributed by atoms with van der Waals surface area (Å²) in [6, 6.07) is 0. The summed E-state index contributed by atoms with van der Waals surface area (Å²) in [5.74, 6) is 0.254. The van der Waals surface area contributed by atoms with Crippen molar-refractivity contribution in [1.29, 1.82) is 0 Å². The molecule has 0 spiro atoms. The highest BCUT2D eigenvalue weighted by atomic mass is 35.5. The summed E-state index contributed by atoms with van der Waals surface area (Å²) in [5, 5.41) is -0.157. The van der Waals surface area contributed by atoms with Crippen LogP contribution in [0.3, 0.4) is 0 Å². The lowest BCUT2D eigenvalue weighted by atomic mass is 10.6. The molecule has 0 radical (unpaired) electrons. The van der Waals surface area contributed by atoms with Gasteiger partial charge in [0.25, 0.3) is 6.43 Å². The average molecular weight is 184 g/mol. The smallest absolute Gasteiger partial charge is 0.243 e. The highest BCUT2D eigenvalue weighted by molar-refractivity contribution is 7.11. The van der Waals surface area contributed by atoms with Crippen LogP contribution in [0.4, 0.5) is 8.78 Å². The molecule has 0 fully saturated rings. The Morgan fingerprint density at radius 3 is 2.70 bits per heavy atom. The van der Waals surface area contributed by atoms with Crippen LogP contribution in [0.2, 0.25) is 0 Å². The van der Waals surface area contributed by atoms with Crippen molar-refractivity contribution >= 4 is 22.9 Å². The molecule has 0 aliphatic carbocycles. The molecule has 0 saturated carbocycles. The fourth-order valence-corrected chi connectivity index (χ4v) is 1.34. The first-order valence-corrected chi connectivity index (χ1v) is 3.88. The Kier molecular flexibility index (Phi) is 2.56. The Labute approximate surface area is 65.7 Å². The Morgan fingerprint density at radius 1 is 1.70 bits per heavy atom. The second kappa shape index (κ2) is 3.25. The summed E-state index contributed by atoms with van der Waals surface area (Å²) >= 11 is 6.32. The van der Waals surface area contributed by atoms with Crippen molar-refractivity contribution in [3.05, 3.63) is 16.1 Å². The molecule has 0 atom stereocenters. The van der Waals surface area contributed by atoms with Crippen LogP contribution in [0, 0.1) is 0 Å². The molecule has 0 bridgehead atoms. The first-order chi connectivity index (χ1) is 4.74. The summed E-state index contributed by atoms with van der Waals surface area (Å²) in [5.41, 5.74) is 0. The van der Waals surface area contributed by atoms with Gasteiger partial charge in [-0.3, -0.25) is 0 Å². The average Bonchev–Trinajstić information content (AvgIpc) is 2.34. The van der Waals surface area contributed by atoms with Crippen LogP contribution in [-0.4, -0.2) is 4.98 Å². The molecule has 0 saturated heterocycles. The summed E-state index contributed by atoms with van der Waals surface area (Å²) in [4.78, 5) is 4.15. The fourth-order valence-electron chi connectivity index (χ4n) is 0.485.